The van der Waals surface area contributed by atoms with Crippen molar-refractivity contribution >= 4 is 21.4 Å². The Labute approximate surface area is 85.4 Å². The maximum atomic E-state index is 12.0. The molecule has 78 valence electrons. The molecule has 0 saturated heterocycles. The predicted molar refractivity (Wildman–Crippen MR) is 50.1 cm³/mol. The Balaban J connectivity index is 2.96. The largest absolute Gasteiger partial charge is 0.337 e. The van der Waals surface area contributed by atoms with E-state index in [0.29, 0.717) is 0 Å². The molecule has 0 radical (unpaired) electrons. The van der Waals surface area contributed by atoms with Gasteiger partial charge < -0.3 is 0 Å². The summed E-state index contributed by atoms with van der Waals surface area (Å²) in [5, 5.41) is 0.178. The molecule has 0 bridgehead atoms. The van der Waals surface area contributed by atoms with Gasteiger partial charge in [0, 0.05) is 5.02 Å². The lowest BCUT2D eigenvalue weighted by Gasteiger charge is -2.04. The molecule has 0 aliphatic heterocycles. The summed E-state index contributed by atoms with van der Waals surface area (Å²) < 4.78 is 45.7. The van der Waals surface area contributed by atoms with Gasteiger partial charge >= 0.3 is 5.76 Å². The Hall–Kier alpha value is -0.680. The molecular formula is C8H7ClF2O2S. The van der Waals surface area contributed by atoms with Gasteiger partial charge in [0.2, 0.25) is 9.84 Å². The number of sulfone groups is 1. The zero-order valence-corrected chi connectivity index (χ0v) is 8.52. The Bertz CT molecular complexity index is 417. The van der Waals surface area contributed by atoms with E-state index in [2.05, 4.69) is 0 Å². The van der Waals surface area contributed by atoms with E-state index in [0.717, 1.165) is 0 Å². The van der Waals surface area contributed by atoms with Crippen molar-refractivity contribution in [3.63, 3.8) is 0 Å². The van der Waals surface area contributed by atoms with Gasteiger partial charge in [-0.25, -0.2) is 8.42 Å². The van der Waals surface area contributed by atoms with Gasteiger partial charge in [-0.1, -0.05) is 29.8 Å². The van der Waals surface area contributed by atoms with Crippen molar-refractivity contribution in [3.05, 3.63) is 34.9 Å². The van der Waals surface area contributed by atoms with Gasteiger partial charge in [-0.2, -0.15) is 8.78 Å². The highest BCUT2D eigenvalue weighted by atomic mass is 35.5. The van der Waals surface area contributed by atoms with Crippen LogP contribution in [0.1, 0.15) is 5.56 Å². The van der Waals surface area contributed by atoms with Crippen molar-refractivity contribution in [2.24, 2.45) is 0 Å². The van der Waals surface area contributed by atoms with Gasteiger partial charge in [-0.05, 0) is 11.6 Å². The molecular weight excluding hydrogens is 234 g/mol. The lowest BCUT2D eigenvalue weighted by Crippen LogP contribution is -2.13. The molecule has 0 fully saturated rings. The predicted octanol–water partition coefficient (Wildman–Crippen LogP) is 2.48. The second kappa shape index (κ2) is 4.23. The quantitative estimate of drug-likeness (QED) is 0.813. The number of halogens is 3. The van der Waals surface area contributed by atoms with Crippen LogP contribution in [0.3, 0.4) is 0 Å². The van der Waals surface area contributed by atoms with Crippen LogP contribution >= 0.6 is 11.6 Å². The van der Waals surface area contributed by atoms with Crippen LogP contribution in [0.25, 0.3) is 0 Å². The van der Waals surface area contributed by atoms with Gasteiger partial charge in [0.1, 0.15) is 0 Å². The van der Waals surface area contributed by atoms with E-state index >= 15 is 0 Å². The Morgan fingerprint density at radius 3 is 2.36 bits per heavy atom. The van der Waals surface area contributed by atoms with E-state index < -0.39 is 21.3 Å². The van der Waals surface area contributed by atoms with Crippen molar-refractivity contribution in [1.29, 1.82) is 0 Å². The summed E-state index contributed by atoms with van der Waals surface area (Å²) in [5.41, 5.74) is 0.189. The van der Waals surface area contributed by atoms with Crippen molar-refractivity contribution in [2.75, 3.05) is 0 Å². The topological polar surface area (TPSA) is 34.1 Å². The minimum atomic E-state index is -4.39. The van der Waals surface area contributed by atoms with Crippen LogP contribution in [0.4, 0.5) is 8.78 Å². The molecule has 1 aromatic carbocycles. The molecule has 0 aromatic heterocycles. The number of hydrogen-bond acceptors (Lipinski definition) is 2. The third-order valence-corrected chi connectivity index (χ3v) is 3.21. The molecule has 1 rings (SSSR count). The van der Waals surface area contributed by atoms with E-state index in [1.807, 2.05) is 0 Å². The number of benzene rings is 1. The summed E-state index contributed by atoms with van der Waals surface area (Å²) in [4.78, 5) is 0. The first-order valence-electron chi connectivity index (χ1n) is 3.66. The zero-order chi connectivity index (χ0) is 10.8. The summed E-state index contributed by atoms with van der Waals surface area (Å²) in [5.74, 6) is -4.09. The maximum Gasteiger partial charge on any atom is 0.337 e. The Kier molecular flexibility index (Phi) is 3.44. The normalized spacial score (nSPS) is 12.0. The van der Waals surface area contributed by atoms with Crippen LogP contribution in [0.2, 0.25) is 5.02 Å². The Morgan fingerprint density at radius 1 is 1.29 bits per heavy atom. The molecule has 0 aliphatic rings. The van der Waals surface area contributed by atoms with Crippen molar-refractivity contribution in [2.45, 2.75) is 11.5 Å². The van der Waals surface area contributed by atoms with E-state index in [4.69, 9.17) is 11.6 Å². The number of alkyl halides is 2. The summed E-state index contributed by atoms with van der Waals surface area (Å²) in [7, 11) is -4.39. The molecule has 2 nitrogen and oxygen atoms in total. The van der Waals surface area contributed by atoms with Crippen LogP contribution < -0.4 is 0 Å². The maximum absolute atomic E-state index is 12.0. The highest BCUT2D eigenvalue weighted by Gasteiger charge is 2.24. The number of hydrogen-bond donors (Lipinski definition) is 0. The third-order valence-electron chi connectivity index (χ3n) is 1.59. The molecule has 0 spiro atoms. The van der Waals surface area contributed by atoms with Crippen molar-refractivity contribution in [3.8, 4) is 0 Å². The number of rotatable bonds is 3. The van der Waals surface area contributed by atoms with Crippen LogP contribution in [-0.2, 0) is 15.6 Å². The molecule has 0 heterocycles. The highest BCUT2D eigenvalue weighted by molar-refractivity contribution is 7.90. The van der Waals surface area contributed by atoms with E-state index in [1.165, 1.54) is 12.1 Å². The smallest absolute Gasteiger partial charge is 0.223 e. The molecule has 0 N–H and O–H groups in total. The first-order chi connectivity index (χ1) is 6.43. The van der Waals surface area contributed by atoms with E-state index in [-0.39, 0.29) is 10.6 Å². The van der Waals surface area contributed by atoms with Crippen molar-refractivity contribution < 1.29 is 17.2 Å². The average Bonchev–Trinajstić information content (AvgIpc) is 2.08. The second-order valence-electron chi connectivity index (χ2n) is 2.66. The molecule has 0 unspecified atom stereocenters. The molecule has 0 aliphatic carbocycles. The average molecular weight is 241 g/mol. The minimum Gasteiger partial charge on any atom is -0.223 e. The van der Waals surface area contributed by atoms with Gasteiger partial charge in [0.15, 0.2) is 0 Å². The lowest BCUT2D eigenvalue weighted by molar-refractivity contribution is 0.234. The van der Waals surface area contributed by atoms with Gasteiger partial charge in [-0.15, -0.1) is 0 Å². The van der Waals surface area contributed by atoms with Crippen molar-refractivity contribution in [1.82, 2.24) is 0 Å². The summed E-state index contributed by atoms with van der Waals surface area (Å²) in [6.45, 7) is 0. The van der Waals surface area contributed by atoms with Gasteiger partial charge in [-0.3, -0.25) is 0 Å². The van der Waals surface area contributed by atoms with Crippen LogP contribution in [-0.4, -0.2) is 14.2 Å². The molecule has 14 heavy (non-hydrogen) atoms. The Morgan fingerprint density at radius 2 is 1.86 bits per heavy atom. The molecule has 0 amide bonds. The van der Waals surface area contributed by atoms with E-state index in [1.54, 1.807) is 12.1 Å². The lowest BCUT2D eigenvalue weighted by atomic mass is 10.2. The standard InChI is InChI=1S/C8H7ClF2O2S/c9-7-4-2-1-3-6(7)5-14(12,13)8(10)11/h1-4,8H,5H2. The van der Waals surface area contributed by atoms with Crippen LogP contribution in [0.15, 0.2) is 24.3 Å². The van der Waals surface area contributed by atoms with Gasteiger partial charge in [0.05, 0.1) is 5.75 Å². The highest BCUT2D eigenvalue weighted by Crippen LogP contribution is 2.20. The summed E-state index contributed by atoms with van der Waals surface area (Å²) >= 11 is 5.63. The molecule has 0 atom stereocenters. The van der Waals surface area contributed by atoms with Crippen LogP contribution in [0.5, 0.6) is 0 Å². The third kappa shape index (κ3) is 2.65. The fraction of sp³-hybridized carbons (Fsp3) is 0.250. The van der Waals surface area contributed by atoms with E-state index in [9.17, 15) is 17.2 Å². The monoisotopic (exact) mass is 240 g/mol. The zero-order valence-electron chi connectivity index (χ0n) is 6.95. The molecule has 0 saturated carbocycles. The minimum absolute atomic E-state index is 0.178. The fourth-order valence-corrected chi connectivity index (χ4v) is 1.99. The first-order valence-corrected chi connectivity index (χ1v) is 5.76. The summed E-state index contributed by atoms with van der Waals surface area (Å²) in [6, 6.07) is 6.00. The van der Waals surface area contributed by atoms with Gasteiger partial charge in [0.25, 0.3) is 0 Å². The second-order valence-corrected chi connectivity index (χ2v) is 5.04. The van der Waals surface area contributed by atoms with Crippen LogP contribution in [0, 0.1) is 0 Å². The molecule has 1 aromatic rings. The SMILES string of the molecule is O=S(=O)(Cc1ccccc1Cl)C(F)F. The summed E-state index contributed by atoms with van der Waals surface area (Å²) in [6.07, 6.45) is 0. The molecule has 6 heteroatoms. The fourth-order valence-electron chi connectivity index (χ4n) is 0.895. The first kappa shape index (κ1) is 11.4.